The Kier molecular flexibility index (Phi) is 6.08. The van der Waals surface area contributed by atoms with Crippen LogP contribution in [-0.2, 0) is 10.0 Å². The van der Waals surface area contributed by atoms with Gasteiger partial charge in [0.25, 0.3) is 0 Å². The second-order valence-electron chi connectivity index (χ2n) is 4.63. The number of ether oxygens (including phenoxy) is 1. The summed E-state index contributed by atoms with van der Waals surface area (Å²) in [5, 5.41) is 2.95. The minimum Gasteiger partial charge on any atom is -0.404 e. The molecule has 1 N–H and O–H groups in total. The SMILES string of the molecule is CNC1CCN(S(=O)(=O)c2ccccc2OC(F)(F)F)C1.Cl. The number of para-hydroxylation sites is 1. The Morgan fingerprint density at radius 2 is 1.95 bits per heavy atom. The number of alkyl halides is 3. The number of nitrogens with zero attached hydrogens (tertiary/aromatic N) is 1. The maximum absolute atomic E-state index is 12.5. The van der Waals surface area contributed by atoms with E-state index in [1.54, 1.807) is 7.05 Å². The topological polar surface area (TPSA) is 58.6 Å². The first-order valence-electron chi connectivity index (χ1n) is 6.26. The molecule has 0 bridgehead atoms. The molecule has 0 aliphatic carbocycles. The zero-order chi connectivity index (χ0) is 15.7. The number of benzene rings is 1. The summed E-state index contributed by atoms with van der Waals surface area (Å²) in [5.74, 6) is -0.710. The molecule has 1 aliphatic rings. The molecule has 2 rings (SSSR count). The predicted molar refractivity (Wildman–Crippen MR) is 76.6 cm³/mol. The first kappa shape index (κ1) is 19.0. The zero-order valence-corrected chi connectivity index (χ0v) is 13.3. The standard InChI is InChI=1S/C12H15F3N2O3S.ClH/c1-16-9-6-7-17(8-9)21(18,19)11-5-3-2-4-10(11)20-12(13,14)15;/h2-5,9,16H,6-8H2,1H3;1H. The molecule has 1 saturated heterocycles. The number of likely N-dealkylation sites (N-methyl/N-ethyl adjacent to an activating group) is 1. The van der Waals surface area contributed by atoms with Crippen LogP contribution in [0, 0.1) is 0 Å². The van der Waals surface area contributed by atoms with Crippen LogP contribution in [0.15, 0.2) is 29.2 Å². The van der Waals surface area contributed by atoms with Crippen molar-refractivity contribution >= 4 is 22.4 Å². The molecule has 0 saturated carbocycles. The van der Waals surface area contributed by atoms with Gasteiger partial charge in [0.15, 0.2) is 0 Å². The summed E-state index contributed by atoms with van der Waals surface area (Å²) in [6, 6.07) is 4.76. The average Bonchev–Trinajstić information content (AvgIpc) is 2.86. The van der Waals surface area contributed by atoms with Gasteiger partial charge in [-0.3, -0.25) is 0 Å². The van der Waals surface area contributed by atoms with Gasteiger partial charge in [0.05, 0.1) is 0 Å². The van der Waals surface area contributed by atoms with Crippen LogP contribution < -0.4 is 10.1 Å². The first-order valence-corrected chi connectivity index (χ1v) is 7.70. The monoisotopic (exact) mass is 360 g/mol. The van der Waals surface area contributed by atoms with E-state index in [0.29, 0.717) is 6.42 Å². The van der Waals surface area contributed by atoms with Gasteiger partial charge in [-0.05, 0) is 25.6 Å². The van der Waals surface area contributed by atoms with E-state index in [4.69, 9.17) is 0 Å². The third-order valence-corrected chi connectivity index (χ3v) is 5.16. The van der Waals surface area contributed by atoms with E-state index in [9.17, 15) is 21.6 Å². The summed E-state index contributed by atoms with van der Waals surface area (Å²) in [7, 11) is -2.31. The van der Waals surface area contributed by atoms with Crippen LogP contribution in [0.5, 0.6) is 5.75 Å². The van der Waals surface area contributed by atoms with Crippen molar-refractivity contribution in [3.05, 3.63) is 24.3 Å². The lowest BCUT2D eigenvalue weighted by molar-refractivity contribution is -0.275. The molecule has 1 aliphatic heterocycles. The largest absolute Gasteiger partial charge is 0.573 e. The normalized spacial score (nSPS) is 19.7. The molecule has 10 heteroatoms. The van der Waals surface area contributed by atoms with E-state index in [-0.39, 0.29) is 31.5 Å². The Morgan fingerprint density at radius 3 is 2.50 bits per heavy atom. The fourth-order valence-electron chi connectivity index (χ4n) is 2.19. The molecular formula is C12H16ClF3N2O3S. The molecular weight excluding hydrogens is 345 g/mol. The van der Waals surface area contributed by atoms with Crippen LogP contribution in [0.25, 0.3) is 0 Å². The van der Waals surface area contributed by atoms with Crippen molar-refractivity contribution in [1.82, 2.24) is 9.62 Å². The smallest absolute Gasteiger partial charge is 0.404 e. The quantitative estimate of drug-likeness (QED) is 0.892. The summed E-state index contributed by atoms with van der Waals surface area (Å²) in [5.41, 5.74) is 0. The third-order valence-electron chi connectivity index (χ3n) is 3.25. The van der Waals surface area contributed by atoms with E-state index in [2.05, 4.69) is 10.1 Å². The number of rotatable bonds is 4. The maximum atomic E-state index is 12.5. The minimum absolute atomic E-state index is 0. The van der Waals surface area contributed by atoms with Gasteiger partial charge < -0.3 is 10.1 Å². The number of hydrogen-bond acceptors (Lipinski definition) is 4. The molecule has 5 nitrogen and oxygen atoms in total. The van der Waals surface area contributed by atoms with E-state index in [1.165, 1.54) is 12.1 Å². The van der Waals surface area contributed by atoms with Gasteiger partial charge in [-0.2, -0.15) is 4.31 Å². The molecule has 1 fully saturated rings. The molecule has 0 amide bonds. The maximum Gasteiger partial charge on any atom is 0.573 e. The third kappa shape index (κ3) is 4.25. The van der Waals surface area contributed by atoms with E-state index in [0.717, 1.165) is 16.4 Å². The van der Waals surface area contributed by atoms with Crippen molar-refractivity contribution in [2.75, 3.05) is 20.1 Å². The molecule has 0 aromatic heterocycles. The van der Waals surface area contributed by atoms with Crippen LogP contribution in [0.3, 0.4) is 0 Å². The number of nitrogens with one attached hydrogen (secondary N) is 1. The molecule has 126 valence electrons. The fourth-order valence-corrected chi connectivity index (χ4v) is 3.81. The van der Waals surface area contributed by atoms with Crippen LogP contribution in [0.1, 0.15) is 6.42 Å². The summed E-state index contributed by atoms with van der Waals surface area (Å²) in [6.07, 6.45) is -4.33. The van der Waals surface area contributed by atoms with Gasteiger partial charge in [0, 0.05) is 19.1 Å². The highest BCUT2D eigenvalue weighted by molar-refractivity contribution is 7.89. The van der Waals surface area contributed by atoms with Crippen molar-refractivity contribution < 1.29 is 26.3 Å². The molecule has 0 spiro atoms. The van der Waals surface area contributed by atoms with Gasteiger partial charge in [0.2, 0.25) is 10.0 Å². The molecule has 1 atom stereocenters. The highest BCUT2D eigenvalue weighted by Gasteiger charge is 2.37. The van der Waals surface area contributed by atoms with Gasteiger partial charge in [-0.15, -0.1) is 25.6 Å². The van der Waals surface area contributed by atoms with Crippen molar-refractivity contribution in [3.63, 3.8) is 0 Å². The molecule has 1 aromatic rings. The van der Waals surface area contributed by atoms with Crippen molar-refractivity contribution in [1.29, 1.82) is 0 Å². The van der Waals surface area contributed by atoms with Crippen LogP contribution in [0.2, 0.25) is 0 Å². The molecule has 1 unspecified atom stereocenters. The highest BCUT2D eigenvalue weighted by Crippen LogP contribution is 2.32. The number of halogens is 4. The first-order chi connectivity index (χ1) is 9.74. The zero-order valence-electron chi connectivity index (χ0n) is 11.6. The Balaban J connectivity index is 0.00000242. The Labute approximate surface area is 132 Å². The Bertz CT molecular complexity index is 610. The lowest BCUT2D eigenvalue weighted by atomic mass is 10.3. The van der Waals surface area contributed by atoms with Crippen LogP contribution >= 0.6 is 12.4 Å². The summed E-state index contributed by atoms with van der Waals surface area (Å²) < 4.78 is 67.0. The highest BCUT2D eigenvalue weighted by atomic mass is 35.5. The Morgan fingerprint density at radius 1 is 1.32 bits per heavy atom. The second-order valence-corrected chi connectivity index (χ2v) is 6.54. The molecule has 1 aromatic carbocycles. The lowest BCUT2D eigenvalue weighted by Gasteiger charge is -2.19. The van der Waals surface area contributed by atoms with E-state index < -0.39 is 27.0 Å². The molecule has 1 heterocycles. The van der Waals surface area contributed by atoms with Crippen molar-refractivity contribution in [3.8, 4) is 5.75 Å². The van der Waals surface area contributed by atoms with Gasteiger partial charge in [-0.25, -0.2) is 8.42 Å². The lowest BCUT2D eigenvalue weighted by Crippen LogP contribution is -2.34. The minimum atomic E-state index is -4.94. The summed E-state index contributed by atoms with van der Waals surface area (Å²) >= 11 is 0. The molecule has 22 heavy (non-hydrogen) atoms. The predicted octanol–water partition coefficient (Wildman–Crippen LogP) is 1.99. The second kappa shape index (κ2) is 7.03. The van der Waals surface area contributed by atoms with Gasteiger partial charge >= 0.3 is 6.36 Å². The van der Waals surface area contributed by atoms with Crippen LogP contribution in [0.4, 0.5) is 13.2 Å². The Hall–Kier alpha value is -1.03. The van der Waals surface area contributed by atoms with Crippen LogP contribution in [-0.4, -0.2) is 45.3 Å². The number of sulfonamides is 1. The number of hydrogen-bond donors (Lipinski definition) is 1. The van der Waals surface area contributed by atoms with Gasteiger partial charge in [-0.1, -0.05) is 12.1 Å². The summed E-state index contributed by atoms with van der Waals surface area (Å²) in [4.78, 5) is -0.473. The van der Waals surface area contributed by atoms with Crippen molar-refractivity contribution in [2.24, 2.45) is 0 Å². The van der Waals surface area contributed by atoms with E-state index in [1.807, 2.05) is 0 Å². The summed E-state index contributed by atoms with van der Waals surface area (Å²) in [6.45, 7) is 0.480. The van der Waals surface area contributed by atoms with Gasteiger partial charge in [0.1, 0.15) is 10.6 Å². The van der Waals surface area contributed by atoms with Crippen molar-refractivity contribution in [2.45, 2.75) is 23.7 Å². The fraction of sp³-hybridized carbons (Fsp3) is 0.500. The molecule has 0 radical (unpaired) electrons. The van der Waals surface area contributed by atoms with E-state index >= 15 is 0 Å². The average molecular weight is 361 g/mol.